The Bertz CT molecular complexity index is 2490. The number of ketones is 2. The smallest absolute Gasteiger partial charge is 0.284 e. The average molecular weight is 832 g/mol. The molecule has 0 spiro atoms. The van der Waals surface area contributed by atoms with Crippen molar-refractivity contribution in [3.63, 3.8) is 0 Å². The summed E-state index contributed by atoms with van der Waals surface area (Å²) in [5.74, 6) is 9.96. The summed E-state index contributed by atoms with van der Waals surface area (Å²) < 4.78 is 0. The molecule has 17 nitrogen and oxygen atoms in total. The van der Waals surface area contributed by atoms with Crippen LogP contribution in [-0.2, 0) is 9.59 Å². The predicted octanol–water partition coefficient (Wildman–Crippen LogP) is 4.93. The summed E-state index contributed by atoms with van der Waals surface area (Å²) in [7, 11) is 0. The molecule has 0 bridgehead atoms. The van der Waals surface area contributed by atoms with Crippen molar-refractivity contribution in [3.05, 3.63) is 95.4 Å². The van der Waals surface area contributed by atoms with E-state index < -0.39 is 29.8 Å². The van der Waals surface area contributed by atoms with E-state index in [1.54, 1.807) is 72.8 Å². The number of amides is 4. The number of anilines is 2. The number of hydrazine groups is 2. The summed E-state index contributed by atoms with van der Waals surface area (Å²) in [6.45, 7) is 7.77. The lowest BCUT2D eigenvalue weighted by Crippen LogP contribution is -2.42. The van der Waals surface area contributed by atoms with Crippen LogP contribution in [0, 0.1) is 11.8 Å². The molecule has 4 amide bonds. The number of aromatic nitrogens is 3. The standard InChI is InChI=1S/C44H53N11O6/c1-5-23(3)39(45)37(56)13-15-54(47)43(60)35-18-25-7-10-29(21-32(25)52-35)49-41(58)27-9-12-31-28(17-27)20-34(51-31)42(59)50-30-11-8-26-19-36(53-33(26)22-30)44(61)55(48)16-14-38(57)40(46)24(4)6-2/h7-12,17-24,39-40,51-53H,5-6,13-16,45-48H2,1-4H3,(H,49,58)(H,50,59)/t23-,24-,39-,40-/m0/s1. The Balaban J connectivity index is 1.05. The van der Waals surface area contributed by atoms with Gasteiger partial charge in [-0.3, -0.25) is 38.8 Å². The summed E-state index contributed by atoms with van der Waals surface area (Å²) in [4.78, 5) is 86.8. The number of Topliss-reactive ketones (excluding diaryl/α,β-unsaturated/α-hetero) is 2. The van der Waals surface area contributed by atoms with E-state index in [-0.39, 0.29) is 72.3 Å². The van der Waals surface area contributed by atoms with Crippen molar-refractivity contribution in [1.29, 1.82) is 0 Å². The molecule has 3 aromatic carbocycles. The zero-order valence-corrected chi connectivity index (χ0v) is 34.6. The Morgan fingerprint density at radius 3 is 1.48 bits per heavy atom. The molecular weight excluding hydrogens is 779 g/mol. The number of fused-ring (bicyclic) bond motifs is 3. The number of H-pyrrole nitrogens is 3. The minimum absolute atomic E-state index is 0.0161. The Labute approximate surface area is 351 Å². The Kier molecular flexibility index (Phi) is 13.5. The van der Waals surface area contributed by atoms with Gasteiger partial charge in [0.1, 0.15) is 17.1 Å². The normalized spacial score (nSPS) is 13.4. The van der Waals surface area contributed by atoms with E-state index in [9.17, 15) is 28.8 Å². The second-order valence-electron chi connectivity index (χ2n) is 15.6. The molecule has 6 rings (SSSR count). The zero-order valence-electron chi connectivity index (χ0n) is 34.6. The molecule has 61 heavy (non-hydrogen) atoms. The third-order valence-electron chi connectivity index (χ3n) is 11.3. The van der Waals surface area contributed by atoms with Crippen LogP contribution >= 0.6 is 0 Å². The van der Waals surface area contributed by atoms with Crippen molar-refractivity contribution < 1.29 is 28.8 Å². The first-order valence-corrected chi connectivity index (χ1v) is 20.3. The maximum Gasteiger partial charge on any atom is 0.284 e. The number of rotatable bonds is 18. The quantitative estimate of drug-likeness (QED) is 0.0320. The van der Waals surface area contributed by atoms with E-state index in [1.807, 2.05) is 27.7 Å². The predicted molar refractivity (Wildman–Crippen MR) is 235 cm³/mol. The van der Waals surface area contributed by atoms with E-state index in [1.165, 1.54) is 0 Å². The minimum atomic E-state index is -0.610. The summed E-state index contributed by atoms with van der Waals surface area (Å²) >= 11 is 0. The minimum Gasteiger partial charge on any atom is -0.351 e. The zero-order chi connectivity index (χ0) is 44.1. The number of benzene rings is 3. The van der Waals surface area contributed by atoms with Gasteiger partial charge in [-0.25, -0.2) is 11.7 Å². The molecule has 3 aromatic heterocycles. The molecule has 4 atom stereocenters. The van der Waals surface area contributed by atoms with Gasteiger partial charge in [-0.05, 0) is 72.5 Å². The molecule has 0 aliphatic rings. The first-order valence-electron chi connectivity index (χ1n) is 20.3. The summed E-state index contributed by atoms with van der Waals surface area (Å²) in [6, 6.07) is 19.0. The third kappa shape index (κ3) is 10.0. The van der Waals surface area contributed by atoms with Crippen molar-refractivity contribution >= 4 is 79.3 Å². The van der Waals surface area contributed by atoms with Gasteiger partial charge >= 0.3 is 0 Å². The molecule has 3 heterocycles. The number of nitrogens with zero attached hydrogens (tertiary/aromatic N) is 2. The van der Waals surface area contributed by atoms with Crippen LogP contribution in [0.3, 0.4) is 0 Å². The van der Waals surface area contributed by atoms with Crippen molar-refractivity contribution in [2.75, 3.05) is 23.7 Å². The molecule has 6 aromatic rings. The van der Waals surface area contributed by atoms with Crippen LogP contribution in [0.5, 0.6) is 0 Å². The molecule has 0 unspecified atom stereocenters. The van der Waals surface area contributed by atoms with Crippen LogP contribution in [0.2, 0.25) is 0 Å². The molecular formula is C44H53N11O6. The van der Waals surface area contributed by atoms with Gasteiger partial charge in [0.2, 0.25) is 0 Å². The van der Waals surface area contributed by atoms with Gasteiger partial charge in [-0.1, -0.05) is 52.7 Å². The third-order valence-corrected chi connectivity index (χ3v) is 11.3. The van der Waals surface area contributed by atoms with E-state index >= 15 is 0 Å². The fraction of sp³-hybridized carbons (Fsp3) is 0.318. The fourth-order valence-electron chi connectivity index (χ4n) is 6.89. The van der Waals surface area contributed by atoms with Crippen molar-refractivity contribution in [2.45, 2.75) is 65.5 Å². The highest BCUT2D eigenvalue weighted by Gasteiger charge is 2.24. The molecule has 320 valence electrons. The number of hydrogen-bond acceptors (Lipinski definition) is 10. The molecule has 0 radical (unpaired) electrons. The van der Waals surface area contributed by atoms with Gasteiger partial charge in [-0.15, -0.1) is 0 Å². The maximum atomic E-state index is 13.3. The first-order chi connectivity index (χ1) is 29.1. The monoisotopic (exact) mass is 831 g/mol. The second-order valence-corrected chi connectivity index (χ2v) is 15.6. The lowest BCUT2D eigenvalue weighted by molar-refractivity contribution is -0.122. The summed E-state index contributed by atoms with van der Waals surface area (Å²) in [6.07, 6.45) is 1.62. The molecule has 0 saturated heterocycles. The summed E-state index contributed by atoms with van der Waals surface area (Å²) in [5, 5.41) is 9.78. The van der Waals surface area contributed by atoms with E-state index in [0.29, 0.717) is 38.9 Å². The Morgan fingerprint density at radius 1 is 0.557 bits per heavy atom. The van der Waals surface area contributed by atoms with Crippen molar-refractivity contribution in [2.24, 2.45) is 35.0 Å². The second kappa shape index (κ2) is 18.7. The molecule has 0 aliphatic carbocycles. The van der Waals surface area contributed by atoms with Crippen LogP contribution in [0.15, 0.2) is 72.8 Å². The number of hydrogen-bond donors (Lipinski definition) is 9. The Morgan fingerprint density at radius 2 is 1.00 bits per heavy atom. The van der Waals surface area contributed by atoms with E-state index in [0.717, 1.165) is 33.6 Å². The molecule has 0 aliphatic heterocycles. The van der Waals surface area contributed by atoms with Crippen molar-refractivity contribution in [1.82, 2.24) is 25.0 Å². The van der Waals surface area contributed by atoms with Gasteiger partial charge in [0.25, 0.3) is 23.6 Å². The lowest BCUT2D eigenvalue weighted by Gasteiger charge is -2.19. The van der Waals surface area contributed by atoms with Crippen LogP contribution < -0.4 is 33.8 Å². The highest BCUT2D eigenvalue weighted by molar-refractivity contribution is 6.10. The first kappa shape index (κ1) is 43.9. The van der Waals surface area contributed by atoms with Gasteiger partial charge in [0, 0.05) is 75.6 Å². The molecule has 0 saturated carbocycles. The van der Waals surface area contributed by atoms with Gasteiger partial charge < -0.3 is 37.1 Å². The van der Waals surface area contributed by atoms with E-state index in [2.05, 4.69) is 25.6 Å². The number of carbonyl (C=O) groups excluding carboxylic acids is 6. The van der Waals surface area contributed by atoms with Crippen LogP contribution in [0.25, 0.3) is 32.7 Å². The molecule has 13 N–H and O–H groups in total. The van der Waals surface area contributed by atoms with Crippen LogP contribution in [0.1, 0.15) is 95.2 Å². The number of carbonyl (C=O) groups is 6. The number of nitrogens with two attached hydrogens (primary N) is 4. The number of aromatic amines is 3. The van der Waals surface area contributed by atoms with E-state index in [4.69, 9.17) is 23.2 Å². The average Bonchev–Trinajstić information content (AvgIpc) is 4.02. The lowest BCUT2D eigenvalue weighted by atomic mass is 9.95. The van der Waals surface area contributed by atoms with Gasteiger partial charge in [0.05, 0.1) is 12.1 Å². The fourth-order valence-corrected chi connectivity index (χ4v) is 6.89. The molecule has 0 fully saturated rings. The van der Waals surface area contributed by atoms with Crippen LogP contribution in [0.4, 0.5) is 11.4 Å². The highest BCUT2D eigenvalue weighted by Crippen LogP contribution is 2.25. The SMILES string of the molecule is CC[C@H](C)[C@H](N)C(=O)CCN(N)C(=O)c1cc2ccc(NC(=O)c3ccc4[nH]c(C(=O)Nc5ccc6cc(C(=O)N(N)CCC(=O)[C@@H](N)[C@@H](C)CC)[nH]c6c5)cc4c3)cc2[nH]1. The van der Waals surface area contributed by atoms with Gasteiger partial charge in [-0.2, -0.15) is 0 Å². The van der Waals surface area contributed by atoms with Crippen molar-refractivity contribution in [3.8, 4) is 0 Å². The Hall–Kier alpha value is -6.66. The van der Waals surface area contributed by atoms with Gasteiger partial charge in [0.15, 0.2) is 11.6 Å². The topological polar surface area (TPSA) is 284 Å². The highest BCUT2D eigenvalue weighted by atomic mass is 16.2. The largest absolute Gasteiger partial charge is 0.351 e. The van der Waals surface area contributed by atoms with Crippen LogP contribution in [-0.4, -0.2) is 85.3 Å². The summed E-state index contributed by atoms with van der Waals surface area (Å²) in [5.41, 5.74) is 15.9. The molecule has 17 heteroatoms. The maximum absolute atomic E-state index is 13.3. The number of nitrogens with one attached hydrogen (secondary N) is 5.